The van der Waals surface area contributed by atoms with Gasteiger partial charge in [0, 0.05) is 13.7 Å². The molecule has 0 aromatic heterocycles. The molecule has 0 amide bonds. The number of hydrogen-bond donors (Lipinski definition) is 2. The normalized spacial score (nSPS) is 12.0. The first-order valence-corrected chi connectivity index (χ1v) is 6.96. The number of rotatable bonds is 7. The average Bonchev–Trinajstić information content (AvgIpc) is 2.54. The highest BCUT2D eigenvalue weighted by atomic mass is 16.5. The molecular formula is C17H22N2O2. The van der Waals surface area contributed by atoms with Crippen LogP contribution in [0.3, 0.4) is 0 Å². The Kier molecular flexibility index (Phi) is 5.60. The van der Waals surface area contributed by atoms with Crippen molar-refractivity contribution in [1.29, 1.82) is 0 Å². The summed E-state index contributed by atoms with van der Waals surface area (Å²) in [6.07, 6.45) is 0. The summed E-state index contributed by atoms with van der Waals surface area (Å²) < 4.78 is 10.5. The Hall–Kier alpha value is -2.04. The number of hydrogen-bond acceptors (Lipinski definition) is 4. The average molecular weight is 286 g/mol. The molecular weight excluding hydrogens is 264 g/mol. The number of ether oxygens (including phenoxy) is 2. The van der Waals surface area contributed by atoms with Crippen molar-refractivity contribution in [3.63, 3.8) is 0 Å². The fourth-order valence-corrected chi connectivity index (χ4v) is 2.24. The molecule has 4 heteroatoms. The largest absolute Gasteiger partial charge is 0.495 e. The summed E-state index contributed by atoms with van der Waals surface area (Å²) in [4.78, 5) is 0. The van der Waals surface area contributed by atoms with Crippen LogP contribution in [0, 0.1) is 0 Å². The lowest BCUT2D eigenvalue weighted by molar-refractivity contribution is 0.185. The van der Waals surface area contributed by atoms with Gasteiger partial charge in [-0.05, 0) is 23.3 Å². The SMILES string of the molecule is COCc1ccc(C(CN)Nc2ccccc2OC)cc1. The summed E-state index contributed by atoms with van der Waals surface area (Å²) in [5.41, 5.74) is 9.14. The van der Waals surface area contributed by atoms with Crippen molar-refractivity contribution in [3.8, 4) is 5.75 Å². The molecule has 0 radical (unpaired) electrons. The molecule has 0 bridgehead atoms. The van der Waals surface area contributed by atoms with Crippen LogP contribution in [0.15, 0.2) is 48.5 Å². The lowest BCUT2D eigenvalue weighted by Gasteiger charge is -2.20. The van der Waals surface area contributed by atoms with Crippen LogP contribution in [0.1, 0.15) is 17.2 Å². The zero-order valence-corrected chi connectivity index (χ0v) is 12.5. The molecule has 0 saturated heterocycles. The van der Waals surface area contributed by atoms with Crippen LogP contribution in [-0.2, 0) is 11.3 Å². The van der Waals surface area contributed by atoms with Gasteiger partial charge in [-0.2, -0.15) is 0 Å². The van der Waals surface area contributed by atoms with Crippen molar-refractivity contribution in [1.82, 2.24) is 0 Å². The Morgan fingerprint density at radius 2 is 1.76 bits per heavy atom. The van der Waals surface area contributed by atoms with Crippen molar-refractivity contribution in [3.05, 3.63) is 59.7 Å². The molecule has 2 aromatic carbocycles. The fraction of sp³-hybridized carbons (Fsp3) is 0.294. The van der Waals surface area contributed by atoms with Gasteiger partial charge in [0.15, 0.2) is 0 Å². The maximum absolute atomic E-state index is 5.91. The minimum absolute atomic E-state index is 0.0397. The van der Waals surface area contributed by atoms with Gasteiger partial charge in [-0.3, -0.25) is 0 Å². The Bertz CT molecular complexity index is 555. The van der Waals surface area contributed by atoms with Crippen LogP contribution in [-0.4, -0.2) is 20.8 Å². The number of nitrogens with two attached hydrogens (primary N) is 1. The van der Waals surface area contributed by atoms with E-state index in [-0.39, 0.29) is 6.04 Å². The van der Waals surface area contributed by atoms with Gasteiger partial charge in [0.05, 0.1) is 25.4 Å². The van der Waals surface area contributed by atoms with E-state index >= 15 is 0 Å². The van der Waals surface area contributed by atoms with Crippen molar-refractivity contribution in [2.24, 2.45) is 5.73 Å². The highest BCUT2D eigenvalue weighted by Gasteiger charge is 2.11. The zero-order valence-electron chi connectivity index (χ0n) is 12.5. The number of anilines is 1. The quantitative estimate of drug-likeness (QED) is 0.821. The van der Waals surface area contributed by atoms with Crippen LogP contribution in [0.25, 0.3) is 0 Å². The van der Waals surface area contributed by atoms with Crippen LogP contribution < -0.4 is 15.8 Å². The summed E-state index contributed by atoms with van der Waals surface area (Å²) in [6, 6.07) is 16.1. The molecule has 21 heavy (non-hydrogen) atoms. The van der Waals surface area contributed by atoms with E-state index < -0.39 is 0 Å². The Balaban J connectivity index is 2.15. The van der Waals surface area contributed by atoms with E-state index in [1.165, 1.54) is 0 Å². The summed E-state index contributed by atoms with van der Waals surface area (Å²) >= 11 is 0. The second-order valence-electron chi connectivity index (χ2n) is 4.81. The van der Waals surface area contributed by atoms with E-state index in [2.05, 4.69) is 29.6 Å². The lowest BCUT2D eigenvalue weighted by Crippen LogP contribution is -2.20. The number of nitrogens with one attached hydrogen (secondary N) is 1. The molecule has 3 N–H and O–H groups in total. The Morgan fingerprint density at radius 3 is 2.38 bits per heavy atom. The van der Waals surface area contributed by atoms with Gasteiger partial charge in [0.1, 0.15) is 5.75 Å². The minimum atomic E-state index is 0.0397. The second-order valence-corrected chi connectivity index (χ2v) is 4.81. The topological polar surface area (TPSA) is 56.5 Å². The number of para-hydroxylation sites is 2. The smallest absolute Gasteiger partial charge is 0.141 e. The minimum Gasteiger partial charge on any atom is -0.495 e. The molecule has 0 spiro atoms. The molecule has 0 aliphatic carbocycles. The van der Waals surface area contributed by atoms with Gasteiger partial charge >= 0.3 is 0 Å². The first-order valence-electron chi connectivity index (χ1n) is 6.96. The molecule has 0 aliphatic rings. The predicted molar refractivity (Wildman–Crippen MR) is 85.6 cm³/mol. The van der Waals surface area contributed by atoms with E-state index in [1.807, 2.05) is 24.3 Å². The second kappa shape index (κ2) is 7.67. The van der Waals surface area contributed by atoms with E-state index in [4.69, 9.17) is 15.2 Å². The molecule has 4 nitrogen and oxygen atoms in total. The van der Waals surface area contributed by atoms with Crippen molar-refractivity contribution >= 4 is 5.69 Å². The third-order valence-corrected chi connectivity index (χ3v) is 3.37. The molecule has 0 heterocycles. The van der Waals surface area contributed by atoms with E-state index in [1.54, 1.807) is 14.2 Å². The van der Waals surface area contributed by atoms with E-state index in [0.29, 0.717) is 13.2 Å². The van der Waals surface area contributed by atoms with Crippen LogP contribution in [0.4, 0.5) is 5.69 Å². The monoisotopic (exact) mass is 286 g/mol. The van der Waals surface area contributed by atoms with Gasteiger partial charge < -0.3 is 20.5 Å². The van der Waals surface area contributed by atoms with Gasteiger partial charge in [0.2, 0.25) is 0 Å². The maximum atomic E-state index is 5.91. The fourth-order valence-electron chi connectivity index (χ4n) is 2.24. The lowest BCUT2D eigenvalue weighted by atomic mass is 10.0. The maximum Gasteiger partial charge on any atom is 0.141 e. The summed E-state index contributed by atoms with van der Waals surface area (Å²) in [5.74, 6) is 0.812. The molecule has 0 aliphatic heterocycles. The molecule has 112 valence electrons. The Labute approximate surface area is 125 Å². The summed E-state index contributed by atoms with van der Waals surface area (Å²) in [7, 11) is 3.36. The highest BCUT2D eigenvalue weighted by Crippen LogP contribution is 2.27. The zero-order chi connectivity index (χ0) is 15.1. The molecule has 2 aromatic rings. The van der Waals surface area contributed by atoms with E-state index in [9.17, 15) is 0 Å². The third-order valence-electron chi connectivity index (χ3n) is 3.37. The van der Waals surface area contributed by atoms with Crippen molar-refractivity contribution in [2.45, 2.75) is 12.6 Å². The van der Waals surface area contributed by atoms with Gasteiger partial charge in [-0.25, -0.2) is 0 Å². The van der Waals surface area contributed by atoms with Gasteiger partial charge in [-0.15, -0.1) is 0 Å². The first-order chi connectivity index (χ1) is 10.3. The van der Waals surface area contributed by atoms with Crippen LogP contribution in [0.2, 0.25) is 0 Å². The highest BCUT2D eigenvalue weighted by molar-refractivity contribution is 5.57. The summed E-state index contributed by atoms with van der Waals surface area (Å²) in [6.45, 7) is 1.12. The van der Waals surface area contributed by atoms with Crippen molar-refractivity contribution < 1.29 is 9.47 Å². The van der Waals surface area contributed by atoms with Crippen LogP contribution >= 0.6 is 0 Å². The first kappa shape index (κ1) is 15.4. The van der Waals surface area contributed by atoms with Gasteiger partial charge in [0.25, 0.3) is 0 Å². The Morgan fingerprint density at radius 1 is 1.05 bits per heavy atom. The van der Waals surface area contributed by atoms with Crippen LogP contribution in [0.5, 0.6) is 5.75 Å². The molecule has 1 atom stereocenters. The number of benzene rings is 2. The summed E-state index contributed by atoms with van der Waals surface area (Å²) in [5, 5.41) is 3.43. The predicted octanol–water partition coefficient (Wildman–Crippen LogP) is 2.95. The third kappa shape index (κ3) is 3.97. The molecule has 1 unspecified atom stereocenters. The molecule has 0 saturated carbocycles. The van der Waals surface area contributed by atoms with Crippen molar-refractivity contribution in [2.75, 3.05) is 26.1 Å². The molecule has 0 fully saturated rings. The standard InChI is InChI=1S/C17H22N2O2/c1-20-12-13-7-9-14(10-8-13)16(11-18)19-15-5-3-4-6-17(15)21-2/h3-10,16,19H,11-12,18H2,1-2H3. The van der Waals surface area contributed by atoms with Gasteiger partial charge in [-0.1, -0.05) is 36.4 Å². The van der Waals surface area contributed by atoms with E-state index in [0.717, 1.165) is 22.6 Å². The number of methoxy groups -OCH3 is 2. The molecule has 2 rings (SSSR count).